The second-order valence-electron chi connectivity index (χ2n) is 6.34. The fourth-order valence-electron chi connectivity index (χ4n) is 3.42. The van der Waals surface area contributed by atoms with Crippen molar-refractivity contribution in [2.75, 3.05) is 39.3 Å². The molecule has 0 radical (unpaired) electrons. The Hall–Kier alpha value is -1.89. The Morgan fingerprint density at radius 3 is 2.65 bits per heavy atom. The van der Waals surface area contributed by atoms with Crippen molar-refractivity contribution in [3.8, 4) is 0 Å². The van der Waals surface area contributed by atoms with Gasteiger partial charge in [-0.15, -0.1) is 0 Å². The Bertz CT molecular complexity index is 557. The third-order valence-corrected chi connectivity index (χ3v) is 4.83. The van der Waals surface area contributed by atoms with Crippen molar-refractivity contribution in [3.63, 3.8) is 0 Å². The summed E-state index contributed by atoms with van der Waals surface area (Å²) in [5, 5.41) is 7.75. The number of amides is 2. The van der Waals surface area contributed by atoms with Crippen molar-refractivity contribution in [3.05, 3.63) is 18.0 Å². The molecule has 3 heterocycles. The molecule has 0 spiro atoms. The molecule has 7 heteroatoms. The van der Waals surface area contributed by atoms with Gasteiger partial charge in [0.2, 0.25) is 11.8 Å². The number of aromatic nitrogens is 2. The Morgan fingerprint density at radius 2 is 2.00 bits per heavy atom. The van der Waals surface area contributed by atoms with Crippen molar-refractivity contribution in [1.82, 2.24) is 24.9 Å². The highest BCUT2D eigenvalue weighted by Gasteiger charge is 2.24. The van der Waals surface area contributed by atoms with Crippen molar-refractivity contribution in [1.29, 1.82) is 0 Å². The first-order valence-corrected chi connectivity index (χ1v) is 8.41. The van der Waals surface area contributed by atoms with Crippen molar-refractivity contribution >= 4 is 11.8 Å². The fraction of sp³-hybridized carbons (Fsp3) is 0.688. The van der Waals surface area contributed by atoms with Gasteiger partial charge in [-0.3, -0.25) is 14.3 Å². The molecule has 1 aromatic rings. The van der Waals surface area contributed by atoms with Gasteiger partial charge in [-0.05, 0) is 25.5 Å². The highest BCUT2D eigenvalue weighted by atomic mass is 16.2. The summed E-state index contributed by atoms with van der Waals surface area (Å²) in [6.07, 6.45) is 4.09. The van der Waals surface area contributed by atoms with E-state index in [2.05, 4.69) is 10.4 Å². The molecule has 1 aromatic heterocycles. The van der Waals surface area contributed by atoms with Crippen LogP contribution in [-0.2, 0) is 16.1 Å². The zero-order valence-electron chi connectivity index (χ0n) is 13.7. The van der Waals surface area contributed by atoms with Crippen molar-refractivity contribution in [2.45, 2.75) is 32.2 Å². The van der Waals surface area contributed by atoms with Gasteiger partial charge in [0.05, 0.1) is 0 Å². The third-order valence-electron chi connectivity index (χ3n) is 4.83. The topological polar surface area (TPSA) is 70.5 Å². The second kappa shape index (κ2) is 7.12. The summed E-state index contributed by atoms with van der Waals surface area (Å²) in [7, 11) is 0. The summed E-state index contributed by atoms with van der Waals surface area (Å²) in [4.78, 5) is 27.5. The van der Waals surface area contributed by atoms with Crippen LogP contribution in [0.1, 0.15) is 31.4 Å². The van der Waals surface area contributed by atoms with Crippen LogP contribution in [0.4, 0.5) is 0 Å². The quantitative estimate of drug-likeness (QED) is 0.854. The molecule has 0 saturated carbocycles. The summed E-state index contributed by atoms with van der Waals surface area (Å²) in [5.74, 6) is 0.604. The number of carbonyl (C=O) groups excluding carboxylic acids is 2. The first-order valence-electron chi connectivity index (χ1n) is 8.41. The van der Waals surface area contributed by atoms with Crippen LogP contribution in [0.15, 0.2) is 12.3 Å². The molecule has 23 heavy (non-hydrogen) atoms. The van der Waals surface area contributed by atoms with E-state index in [1.54, 1.807) is 18.0 Å². The summed E-state index contributed by atoms with van der Waals surface area (Å²) < 4.78 is 1.84. The summed E-state index contributed by atoms with van der Waals surface area (Å²) >= 11 is 0. The van der Waals surface area contributed by atoms with Gasteiger partial charge in [0, 0.05) is 57.5 Å². The predicted molar refractivity (Wildman–Crippen MR) is 85.9 cm³/mol. The lowest BCUT2D eigenvalue weighted by Gasteiger charge is -2.34. The molecule has 0 bridgehead atoms. The molecule has 2 fully saturated rings. The van der Waals surface area contributed by atoms with Crippen LogP contribution in [-0.4, -0.2) is 70.7 Å². The molecule has 126 valence electrons. The molecule has 2 saturated heterocycles. The molecular formula is C16H25N5O2. The number of piperidine rings is 1. The van der Waals surface area contributed by atoms with Crippen LogP contribution < -0.4 is 5.32 Å². The van der Waals surface area contributed by atoms with Crippen LogP contribution in [0.3, 0.4) is 0 Å². The van der Waals surface area contributed by atoms with Crippen molar-refractivity contribution in [2.24, 2.45) is 0 Å². The second-order valence-corrected chi connectivity index (χ2v) is 6.34. The molecule has 1 N–H and O–H groups in total. The molecule has 3 rings (SSSR count). The Balaban J connectivity index is 1.58. The fourth-order valence-corrected chi connectivity index (χ4v) is 3.42. The van der Waals surface area contributed by atoms with Gasteiger partial charge >= 0.3 is 0 Å². The van der Waals surface area contributed by atoms with Crippen molar-refractivity contribution < 1.29 is 9.59 Å². The third kappa shape index (κ3) is 3.72. The maximum atomic E-state index is 12.5. The van der Waals surface area contributed by atoms with E-state index in [0.29, 0.717) is 38.6 Å². The van der Waals surface area contributed by atoms with Crippen LogP contribution >= 0.6 is 0 Å². The molecule has 2 amide bonds. The smallest absolute Gasteiger partial charge is 0.244 e. The summed E-state index contributed by atoms with van der Waals surface area (Å²) in [5.41, 5.74) is 1.15. The summed E-state index contributed by atoms with van der Waals surface area (Å²) in [6, 6.07) is 2.03. The van der Waals surface area contributed by atoms with Gasteiger partial charge in [0.25, 0.3) is 0 Å². The predicted octanol–water partition coefficient (Wildman–Crippen LogP) is 0.0408. The van der Waals surface area contributed by atoms with Gasteiger partial charge in [-0.1, -0.05) is 0 Å². The van der Waals surface area contributed by atoms with Crippen LogP contribution in [0.25, 0.3) is 0 Å². The van der Waals surface area contributed by atoms with Gasteiger partial charge in [-0.2, -0.15) is 5.10 Å². The van der Waals surface area contributed by atoms with Gasteiger partial charge in [-0.25, -0.2) is 0 Å². The molecule has 1 atom stereocenters. The standard InChI is InChI=1S/C16H25N5O2/c1-13(22)19-7-9-20(10-8-19)16(23)12-21-15(4-6-18-21)14-3-2-5-17-11-14/h4,6,14,17H,2-3,5,7-12H2,1H3/t14-/m0/s1. The molecule has 2 aliphatic rings. The highest BCUT2D eigenvalue weighted by molar-refractivity contribution is 5.77. The maximum absolute atomic E-state index is 12.5. The van der Waals surface area contributed by atoms with Crippen LogP contribution in [0.5, 0.6) is 0 Å². The first kappa shape index (κ1) is 16.0. The largest absolute Gasteiger partial charge is 0.339 e. The zero-order valence-corrected chi connectivity index (χ0v) is 13.7. The lowest BCUT2D eigenvalue weighted by molar-refractivity contribution is -0.139. The minimum Gasteiger partial charge on any atom is -0.339 e. The average Bonchev–Trinajstić information content (AvgIpc) is 3.04. The van der Waals surface area contributed by atoms with E-state index >= 15 is 0 Å². The van der Waals surface area contributed by atoms with Gasteiger partial charge in [0.1, 0.15) is 6.54 Å². The Morgan fingerprint density at radius 1 is 1.26 bits per heavy atom. The molecule has 0 unspecified atom stereocenters. The summed E-state index contributed by atoms with van der Waals surface area (Å²) in [6.45, 7) is 6.37. The van der Waals surface area contributed by atoms with E-state index in [9.17, 15) is 9.59 Å². The number of hydrogen-bond acceptors (Lipinski definition) is 4. The minimum absolute atomic E-state index is 0.0799. The van der Waals surface area contributed by atoms with Crippen LogP contribution in [0.2, 0.25) is 0 Å². The van der Waals surface area contributed by atoms with E-state index in [-0.39, 0.29) is 11.8 Å². The zero-order chi connectivity index (χ0) is 16.2. The number of hydrogen-bond donors (Lipinski definition) is 1. The highest BCUT2D eigenvalue weighted by Crippen LogP contribution is 2.22. The SMILES string of the molecule is CC(=O)N1CCN(C(=O)Cn2nccc2[C@H]2CCCNC2)CC1. The molecule has 2 aliphatic heterocycles. The van der Waals surface area contributed by atoms with E-state index in [4.69, 9.17) is 0 Å². The number of piperazine rings is 1. The van der Waals surface area contributed by atoms with Gasteiger partial charge < -0.3 is 15.1 Å². The molecular weight excluding hydrogens is 294 g/mol. The van der Waals surface area contributed by atoms with E-state index in [1.807, 2.05) is 15.6 Å². The van der Waals surface area contributed by atoms with E-state index in [1.165, 1.54) is 0 Å². The van der Waals surface area contributed by atoms with E-state index in [0.717, 1.165) is 31.6 Å². The van der Waals surface area contributed by atoms with E-state index < -0.39 is 0 Å². The lowest BCUT2D eigenvalue weighted by atomic mass is 9.96. The number of nitrogens with one attached hydrogen (secondary N) is 1. The normalized spacial score (nSPS) is 22.2. The number of rotatable bonds is 3. The Kier molecular flexibility index (Phi) is 4.95. The monoisotopic (exact) mass is 319 g/mol. The molecule has 0 aromatic carbocycles. The maximum Gasteiger partial charge on any atom is 0.244 e. The molecule has 7 nitrogen and oxygen atoms in total. The average molecular weight is 319 g/mol. The lowest BCUT2D eigenvalue weighted by Crippen LogP contribution is -2.50. The van der Waals surface area contributed by atoms with Gasteiger partial charge in [0.15, 0.2) is 0 Å². The van der Waals surface area contributed by atoms with Crippen LogP contribution in [0, 0.1) is 0 Å². The Labute approximate surface area is 136 Å². The minimum atomic E-state index is 0.0799. The number of nitrogens with zero attached hydrogens (tertiary/aromatic N) is 4. The molecule has 0 aliphatic carbocycles. The number of carbonyl (C=O) groups is 2. The first-order chi connectivity index (χ1) is 11.1.